The topological polar surface area (TPSA) is 63.3 Å². The van der Waals surface area contributed by atoms with E-state index in [0.29, 0.717) is 18.4 Å². The maximum absolute atomic E-state index is 6.09. The Morgan fingerprint density at radius 3 is 2.64 bits per heavy atom. The van der Waals surface area contributed by atoms with Crippen molar-refractivity contribution in [3.05, 3.63) is 0 Å². The summed E-state index contributed by atoms with van der Waals surface area (Å²) in [6.45, 7) is 13.5. The van der Waals surface area contributed by atoms with Crippen LogP contribution in [0, 0.1) is 5.92 Å². The molecule has 2 heterocycles. The second-order valence-electron chi connectivity index (χ2n) is 6.47. The molecule has 2 N–H and O–H groups in total. The zero-order valence-electron chi connectivity index (χ0n) is 14.0. The molecule has 2 unspecified atom stereocenters. The van der Waals surface area contributed by atoms with Crippen molar-refractivity contribution in [2.45, 2.75) is 33.0 Å². The van der Waals surface area contributed by atoms with Crippen LogP contribution < -0.4 is 5.73 Å². The van der Waals surface area contributed by atoms with Crippen molar-refractivity contribution in [1.82, 2.24) is 9.80 Å². The molecule has 0 aromatic heterocycles. The van der Waals surface area contributed by atoms with Crippen molar-refractivity contribution < 1.29 is 9.47 Å². The SMILES string of the molecule is CC(C)CN1CCOC(CN=C(N)N2CCOC(C)C2)C1.I. The third kappa shape index (κ3) is 6.55. The Bertz CT molecular complexity index is 354. The van der Waals surface area contributed by atoms with E-state index in [0.717, 1.165) is 45.9 Å². The molecule has 130 valence electrons. The second-order valence-corrected chi connectivity index (χ2v) is 6.47. The summed E-state index contributed by atoms with van der Waals surface area (Å²) in [5.41, 5.74) is 6.09. The molecule has 0 aromatic carbocycles. The average Bonchev–Trinajstić information content (AvgIpc) is 2.44. The first-order valence-corrected chi connectivity index (χ1v) is 8.05. The van der Waals surface area contributed by atoms with Crippen LogP contribution in [0.3, 0.4) is 0 Å². The van der Waals surface area contributed by atoms with E-state index in [1.807, 2.05) is 0 Å². The molecule has 0 radical (unpaired) electrons. The molecule has 7 heteroatoms. The zero-order chi connectivity index (χ0) is 15.2. The minimum absolute atomic E-state index is 0. The van der Waals surface area contributed by atoms with E-state index in [4.69, 9.17) is 15.2 Å². The van der Waals surface area contributed by atoms with E-state index < -0.39 is 0 Å². The van der Waals surface area contributed by atoms with E-state index in [2.05, 4.69) is 35.6 Å². The van der Waals surface area contributed by atoms with Crippen molar-refractivity contribution in [3.63, 3.8) is 0 Å². The summed E-state index contributed by atoms with van der Waals surface area (Å²) in [7, 11) is 0. The predicted octanol–water partition coefficient (Wildman–Crippen LogP) is 0.997. The molecule has 2 saturated heterocycles. The maximum atomic E-state index is 6.09. The summed E-state index contributed by atoms with van der Waals surface area (Å²) in [6, 6.07) is 0. The van der Waals surface area contributed by atoms with Crippen molar-refractivity contribution >= 4 is 29.9 Å². The zero-order valence-corrected chi connectivity index (χ0v) is 16.4. The molecule has 22 heavy (non-hydrogen) atoms. The molecular formula is C15H31IN4O2. The van der Waals surface area contributed by atoms with Gasteiger partial charge in [0.15, 0.2) is 5.96 Å². The van der Waals surface area contributed by atoms with Crippen LogP contribution in [-0.4, -0.2) is 80.4 Å². The number of hydrogen-bond acceptors (Lipinski definition) is 4. The number of ether oxygens (including phenoxy) is 2. The first kappa shape index (κ1) is 19.9. The van der Waals surface area contributed by atoms with Gasteiger partial charge in [0.25, 0.3) is 0 Å². The fourth-order valence-corrected chi connectivity index (χ4v) is 2.89. The van der Waals surface area contributed by atoms with Crippen molar-refractivity contribution in [2.75, 3.05) is 52.5 Å². The summed E-state index contributed by atoms with van der Waals surface area (Å²) in [5.74, 6) is 1.31. The molecule has 2 rings (SSSR count). The van der Waals surface area contributed by atoms with Crippen LogP contribution in [0.25, 0.3) is 0 Å². The highest BCUT2D eigenvalue weighted by Crippen LogP contribution is 2.09. The van der Waals surface area contributed by atoms with Gasteiger partial charge >= 0.3 is 0 Å². The van der Waals surface area contributed by atoms with E-state index in [-0.39, 0.29) is 36.2 Å². The van der Waals surface area contributed by atoms with Crippen molar-refractivity contribution in [2.24, 2.45) is 16.6 Å². The molecule has 0 amide bonds. The van der Waals surface area contributed by atoms with Gasteiger partial charge in [0, 0.05) is 32.7 Å². The normalized spacial score (nSPS) is 27.8. The number of morpholine rings is 2. The Hall–Kier alpha value is -0.120. The molecule has 2 aliphatic rings. The lowest BCUT2D eigenvalue weighted by Gasteiger charge is -2.34. The van der Waals surface area contributed by atoms with Gasteiger partial charge in [-0.25, -0.2) is 0 Å². The van der Waals surface area contributed by atoms with Crippen LogP contribution in [0.1, 0.15) is 20.8 Å². The molecule has 0 bridgehead atoms. The highest BCUT2D eigenvalue weighted by atomic mass is 127. The molecule has 2 aliphatic heterocycles. The van der Waals surface area contributed by atoms with E-state index in [9.17, 15) is 0 Å². The van der Waals surface area contributed by atoms with Crippen LogP contribution in [0.4, 0.5) is 0 Å². The third-order valence-corrected chi connectivity index (χ3v) is 3.87. The Labute approximate surface area is 151 Å². The number of halogens is 1. The van der Waals surface area contributed by atoms with Gasteiger partial charge in [-0.2, -0.15) is 0 Å². The predicted molar refractivity (Wildman–Crippen MR) is 99.9 cm³/mol. The van der Waals surface area contributed by atoms with Crippen LogP contribution in [0.15, 0.2) is 4.99 Å². The highest BCUT2D eigenvalue weighted by Gasteiger charge is 2.22. The number of nitrogens with two attached hydrogens (primary N) is 1. The summed E-state index contributed by atoms with van der Waals surface area (Å²) in [4.78, 5) is 9.09. The summed E-state index contributed by atoms with van der Waals surface area (Å²) in [5, 5.41) is 0. The maximum Gasteiger partial charge on any atom is 0.191 e. The number of hydrogen-bond donors (Lipinski definition) is 1. The number of guanidine groups is 1. The summed E-state index contributed by atoms with van der Waals surface area (Å²) in [6.07, 6.45) is 0.384. The van der Waals surface area contributed by atoms with Crippen molar-refractivity contribution in [3.8, 4) is 0 Å². The second kappa shape index (κ2) is 9.89. The van der Waals surface area contributed by atoms with Gasteiger partial charge in [-0.1, -0.05) is 13.8 Å². The lowest BCUT2D eigenvalue weighted by molar-refractivity contribution is -0.0265. The molecule has 2 atom stereocenters. The number of rotatable bonds is 4. The van der Waals surface area contributed by atoms with Crippen molar-refractivity contribution in [1.29, 1.82) is 0 Å². The van der Waals surface area contributed by atoms with E-state index in [1.165, 1.54) is 0 Å². The van der Waals surface area contributed by atoms with Gasteiger partial charge in [0.1, 0.15) is 0 Å². The van der Waals surface area contributed by atoms with Crippen LogP contribution in [0.2, 0.25) is 0 Å². The van der Waals surface area contributed by atoms with Gasteiger partial charge in [-0.05, 0) is 12.8 Å². The van der Waals surface area contributed by atoms with E-state index in [1.54, 1.807) is 0 Å². The fraction of sp³-hybridized carbons (Fsp3) is 0.933. The molecule has 0 aliphatic carbocycles. The smallest absolute Gasteiger partial charge is 0.191 e. The summed E-state index contributed by atoms with van der Waals surface area (Å²) < 4.78 is 11.3. The van der Waals surface area contributed by atoms with Gasteiger partial charge in [0.05, 0.1) is 32.0 Å². The average molecular weight is 426 g/mol. The van der Waals surface area contributed by atoms with Crippen LogP contribution in [-0.2, 0) is 9.47 Å². The fourth-order valence-electron chi connectivity index (χ4n) is 2.89. The van der Waals surface area contributed by atoms with Crippen LogP contribution in [0.5, 0.6) is 0 Å². The standard InChI is InChI=1S/C15H30N4O2.HI/c1-12(2)9-18-4-6-21-14(11-18)8-17-15(16)19-5-7-20-13(3)10-19;/h12-14H,4-11H2,1-3H3,(H2,16,17);1H. The molecule has 0 saturated carbocycles. The Morgan fingerprint density at radius 1 is 1.23 bits per heavy atom. The Balaban J connectivity index is 0.00000242. The molecule has 2 fully saturated rings. The van der Waals surface area contributed by atoms with Gasteiger partial charge in [-0.15, -0.1) is 24.0 Å². The molecular weight excluding hydrogens is 395 g/mol. The third-order valence-electron chi connectivity index (χ3n) is 3.87. The number of nitrogens with zero attached hydrogens (tertiary/aromatic N) is 3. The quantitative estimate of drug-likeness (QED) is 0.413. The molecule has 6 nitrogen and oxygen atoms in total. The Morgan fingerprint density at radius 2 is 1.95 bits per heavy atom. The van der Waals surface area contributed by atoms with Gasteiger partial charge in [-0.3, -0.25) is 9.89 Å². The molecule has 0 spiro atoms. The van der Waals surface area contributed by atoms with Gasteiger partial charge in [0.2, 0.25) is 0 Å². The monoisotopic (exact) mass is 426 g/mol. The minimum atomic E-state index is 0. The number of aliphatic imine (C=N–C) groups is 1. The van der Waals surface area contributed by atoms with Crippen LogP contribution >= 0.6 is 24.0 Å². The van der Waals surface area contributed by atoms with E-state index >= 15 is 0 Å². The largest absolute Gasteiger partial charge is 0.375 e. The first-order chi connectivity index (χ1) is 10.0. The highest BCUT2D eigenvalue weighted by molar-refractivity contribution is 14.0. The van der Waals surface area contributed by atoms with Gasteiger partial charge < -0.3 is 20.1 Å². The molecule has 0 aromatic rings. The summed E-state index contributed by atoms with van der Waals surface area (Å²) >= 11 is 0. The lowest BCUT2D eigenvalue weighted by Crippen LogP contribution is -2.49. The lowest BCUT2D eigenvalue weighted by atomic mass is 10.2. The minimum Gasteiger partial charge on any atom is -0.375 e. The Kier molecular flexibility index (Phi) is 8.96. The first-order valence-electron chi connectivity index (χ1n) is 8.05.